The first-order valence-electron chi connectivity index (χ1n) is 4.78. The summed E-state index contributed by atoms with van der Waals surface area (Å²) >= 11 is 0. The minimum Gasteiger partial charge on any atom is -0.390 e. The maximum absolute atomic E-state index is 9.56. The number of likely N-dealkylation sites (N-methyl/N-ethyl adjacent to an activating group) is 1. The normalized spacial score (nSPS) is 18.8. The van der Waals surface area contributed by atoms with Crippen LogP contribution < -0.4 is 11.1 Å². The van der Waals surface area contributed by atoms with E-state index in [4.69, 9.17) is 5.73 Å². The Labute approximate surface area is 75.3 Å². The molecular weight excluding hydrogens is 152 g/mol. The Kier molecular flexibility index (Phi) is 6.34. The lowest BCUT2D eigenvalue weighted by Gasteiger charge is -2.27. The van der Waals surface area contributed by atoms with E-state index in [2.05, 4.69) is 19.2 Å². The van der Waals surface area contributed by atoms with Crippen molar-refractivity contribution in [2.24, 2.45) is 11.7 Å². The predicted molar refractivity (Wildman–Crippen MR) is 52.0 cm³/mol. The molecule has 0 rings (SSSR count). The highest BCUT2D eigenvalue weighted by Crippen LogP contribution is 2.10. The van der Waals surface area contributed by atoms with Gasteiger partial charge >= 0.3 is 0 Å². The summed E-state index contributed by atoms with van der Waals surface area (Å²) < 4.78 is 0. The summed E-state index contributed by atoms with van der Waals surface area (Å²) in [4.78, 5) is 0. The Hall–Kier alpha value is -0.120. The molecule has 0 fully saturated rings. The Morgan fingerprint density at radius 3 is 2.33 bits per heavy atom. The minimum absolute atomic E-state index is 0.144. The molecule has 3 unspecified atom stereocenters. The molecule has 12 heavy (non-hydrogen) atoms. The molecule has 0 bridgehead atoms. The van der Waals surface area contributed by atoms with Crippen LogP contribution in [0.25, 0.3) is 0 Å². The van der Waals surface area contributed by atoms with Crippen molar-refractivity contribution in [3.05, 3.63) is 0 Å². The third kappa shape index (κ3) is 3.52. The summed E-state index contributed by atoms with van der Waals surface area (Å²) in [6.45, 7) is 7.51. The summed E-state index contributed by atoms with van der Waals surface area (Å²) in [6, 6.07) is 0.144. The van der Waals surface area contributed by atoms with E-state index in [0.717, 1.165) is 13.0 Å². The average molecular weight is 174 g/mol. The van der Waals surface area contributed by atoms with Crippen molar-refractivity contribution in [2.45, 2.75) is 39.3 Å². The molecule has 0 spiro atoms. The van der Waals surface area contributed by atoms with Crippen LogP contribution in [-0.2, 0) is 0 Å². The minimum atomic E-state index is -0.417. The fourth-order valence-corrected chi connectivity index (χ4v) is 1.35. The molecule has 0 amide bonds. The molecule has 0 aliphatic carbocycles. The first kappa shape index (κ1) is 11.9. The Bertz CT molecular complexity index is 98.7. The molecule has 0 aromatic heterocycles. The van der Waals surface area contributed by atoms with E-state index in [1.165, 1.54) is 0 Å². The molecule has 0 saturated carbocycles. The van der Waals surface area contributed by atoms with Crippen LogP contribution in [0, 0.1) is 5.92 Å². The van der Waals surface area contributed by atoms with E-state index in [9.17, 15) is 5.11 Å². The number of aliphatic hydroxyl groups excluding tert-OH is 1. The van der Waals surface area contributed by atoms with Gasteiger partial charge in [0.25, 0.3) is 0 Å². The molecule has 0 aliphatic heterocycles. The molecule has 4 N–H and O–H groups in total. The van der Waals surface area contributed by atoms with Gasteiger partial charge in [0.05, 0.1) is 6.10 Å². The number of rotatable bonds is 6. The standard InChI is InChI=1S/C9H22N2O/c1-4-7(3)9(11-5-2)8(12)6-10/h7-9,11-12H,4-6,10H2,1-3H3. The summed E-state index contributed by atoms with van der Waals surface area (Å²) in [7, 11) is 0. The topological polar surface area (TPSA) is 58.3 Å². The summed E-state index contributed by atoms with van der Waals surface area (Å²) in [5.41, 5.74) is 5.41. The lowest BCUT2D eigenvalue weighted by atomic mass is 9.94. The second-order valence-corrected chi connectivity index (χ2v) is 3.27. The van der Waals surface area contributed by atoms with Gasteiger partial charge in [0.1, 0.15) is 0 Å². The zero-order valence-electron chi connectivity index (χ0n) is 8.38. The van der Waals surface area contributed by atoms with E-state index >= 15 is 0 Å². The molecule has 0 heterocycles. The van der Waals surface area contributed by atoms with Crippen LogP contribution in [-0.4, -0.2) is 30.3 Å². The molecule has 3 heteroatoms. The summed E-state index contributed by atoms with van der Waals surface area (Å²) in [5, 5.41) is 12.8. The maximum atomic E-state index is 9.56. The molecule has 74 valence electrons. The van der Waals surface area contributed by atoms with Gasteiger partial charge in [-0.1, -0.05) is 27.2 Å². The van der Waals surface area contributed by atoms with Crippen molar-refractivity contribution < 1.29 is 5.11 Å². The van der Waals surface area contributed by atoms with Gasteiger partial charge in [0, 0.05) is 12.6 Å². The first-order chi connectivity index (χ1) is 5.67. The van der Waals surface area contributed by atoms with Gasteiger partial charge in [0.15, 0.2) is 0 Å². The van der Waals surface area contributed by atoms with Crippen molar-refractivity contribution in [2.75, 3.05) is 13.1 Å². The molecule has 0 aromatic rings. The van der Waals surface area contributed by atoms with E-state index in [-0.39, 0.29) is 6.04 Å². The second-order valence-electron chi connectivity index (χ2n) is 3.27. The van der Waals surface area contributed by atoms with Crippen molar-refractivity contribution in [1.82, 2.24) is 5.32 Å². The Morgan fingerprint density at radius 1 is 1.42 bits per heavy atom. The van der Waals surface area contributed by atoms with Gasteiger partial charge in [0.2, 0.25) is 0 Å². The van der Waals surface area contributed by atoms with E-state index in [1.807, 2.05) is 6.92 Å². The summed E-state index contributed by atoms with van der Waals surface area (Å²) in [5.74, 6) is 0.475. The Balaban J connectivity index is 4.01. The van der Waals surface area contributed by atoms with Crippen LogP contribution in [0.4, 0.5) is 0 Å². The third-order valence-corrected chi connectivity index (χ3v) is 2.35. The van der Waals surface area contributed by atoms with Crippen LogP contribution in [0.1, 0.15) is 27.2 Å². The largest absolute Gasteiger partial charge is 0.390 e. The molecule has 0 aliphatic rings. The van der Waals surface area contributed by atoms with Gasteiger partial charge in [-0.25, -0.2) is 0 Å². The lowest BCUT2D eigenvalue weighted by molar-refractivity contribution is 0.107. The average Bonchev–Trinajstić information content (AvgIpc) is 2.11. The van der Waals surface area contributed by atoms with Crippen LogP contribution in [0.5, 0.6) is 0 Å². The number of hydrogen-bond acceptors (Lipinski definition) is 3. The van der Waals surface area contributed by atoms with Gasteiger partial charge in [-0.05, 0) is 12.5 Å². The van der Waals surface area contributed by atoms with Crippen LogP contribution in [0.3, 0.4) is 0 Å². The predicted octanol–water partition coefficient (Wildman–Crippen LogP) is 0.330. The van der Waals surface area contributed by atoms with Crippen molar-refractivity contribution in [3.63, 3.8) is 0 Å². The fourth-order valence-electron chi connectivity index (χ4n) is 1.35. The van der Waals surface area contributed by atoms with Gasteiger partial charge < -0.3 is 16.2 Å². The van der Waals surface area contributed by atoms with Gasteiger partial charge in [-0.15, -0.1) is 0 Å². The summed E-state index contributed by atoms with van der Waals surface area (Å²) in [6.07, 6.45) is 0.647. The molecular formula is C9H22N2O. The fraction of sp³-hybridized carbons (Fsp3) is 1.00. The lowest BCUT2D eigenvalue weighted by Crippen LogP contribution is -2.47. The quantitative estimate of drug-likeness (QED) is 0.544. The SMILES string of the molecule is CCNC(C(C)CC)C(O)CN. The molecule has 0 saturated heterocycles. The molecule has 0 aromatic carbocycles. The van der Waals surface area contributed by atoms with Crippen molar-refractivity contribution >= 4 is 0 Å². The highest BCUT2D eigenvalue weighted by atomic mass is 16.3. The number of hydrogen-bond donors (Lipinski definition) is 3. The number of nitrogens with one attached hydrogen (secondary N) is 1. The van der Waals surface area contributed by atoms with Crippen LogP contribution in [0.2, 0.25) is 0 Å². The van der Waals surface area contributed by atoms with Gasteiger partial charge in [-0.2, -0.15) is 0 Å². The number of nitrogens with two attached hydrogens (primary N) is 1. The molecule has 3 atom stereocenters. The second kappa shape index (κ2) is 6.40. The Morgan fingerprint density at radius 2 is 2.00 bits per heavy atom. The number of aliphatic hydroxyl groups is 1. The maximum Gasteiger partial charge on any atom is 0.0817 e. The third-order valence-electron chi connectivity index (χ3n) is 2.35. The van der Waals surface area contributed by atoms with E-state index in [1.54, 1.807) is 0 Å². The highest BCUT2D eigenvalue weighted by Gasteiger charge is 2.21. The zero-order chi connectivity index (χ0) is 9.56. The monoisotopic (exact) mass is 174 g/mol. The first-order valence-corrected chi connectivity index (χ1v) is 4.78. The zero-order valence-corrected chi connectivity index (χ0v) is 8.38. The van der Waals surface area contributed by atoms with E-state index in [0.29, 0.717) is 12.5 Å². The van der Waals surface area contributed by atoms with Crippen molar-refractivity contribution in [3.8, 4) is 0 Å². The van der Waals surface area contributed by atoms with Crippen molar-refractivity contribution in [1.29, 1.82) is 0 Å². The smallest absolute Gasteiger partial charge is 0.0817 e. The van der Waals surface area contributed by atoms with Crippen LogP contribution in [0.15, 0.2) is 0 Å². The molecule has 3 nitrogen and oxygen atoms in total. The van der Waals surface area contributed by atoms with Gasteiger partial charge in [-0.3, -0.25) is 0 Å². The van der Waals surface area contributed by atoms with E-state index < -0.39 is 6.10 Å². The van der Waals surface area contributed by atoms with Crippen LogP contribution >= 0.6 is 0 Å². The highest BCUT2D eigenvalue weighted by molar-refractivity contribution is 4.80. The molecule has 0 radical (unpaired) electrons.